The second kappa shape index (κ2) is 8.12. The summed E-state index contributed by atoms with van der Waals surface area (Å²) >= 11 is 0. The predicted octanol–water partition coefficient (Wildman–Crippen LogP) is 3.53. The van der Waals surface area contributed by atoms with Crippen LogP contribution in [0.2, 0.25) is 0 Å². The van der Waals surface area contributed by atoms with Gasteiger partial charge in [0.05, 0.1) is 17.6 Å². The first-order chi connectivity index (χ1) is 13.6. The van der Waals surface area contributed by atoms with E-state index in [0.29, 0.717) is 25.4 Å². The van der Waals surface area contributed by atoms with E-state index in [9.17, 15) is 4.79 Å². The van der Waals surface area contributed by atoms with E-state index < -0.39 is 0 Å². The number of H-pyrrole nitrogens is 1. The van der Waals surface area contributed by atoms with Crippen molar-refractivity contribution in [3.63, 3.8) is 0 Å². The number of carbonyl (C=O) groups is 1. The second-order valence-electron chi connectivity index (χ2n) is 7.81. The van der Waals surface area contributed by atoms with E-state index in [1.807, 2.05) is 6.07 Å². The van der Waals surface area contributed by atoms with Crippen LogP contribution in [0.4, 0.5) is 0 Å². The Hall–Kier alpha value is -2.70. The van der Waals surface area contributed by atoms with Crippen LogP contribution < -0.4 is 5.32 Å². The molecule has 0 saturated heterocycles. The highest BCUT2D eigenvalue weighted by Gasteiger charge is 2.18. The molecular formula is C21H28N6O. The molecule has 2 N–H and O–H groups in total. The predicted molar refractivity (Wildman–Crippen MR) is 108 cm³/mol. The number of aryl methyl sites for hydroxylation is 3. The molecule has 1 aliphatic carbocycles. The van der Waals surface area contributed by atoms with E-state index in [1.165, 1.54) is 43.2 Å². The van der Waals surface area contributed by atoms with Gasteiger partial charge in [-0.25, -0.2) is 4.98 Å². The minimum Gasteiger partial charge on any atom is -0.349 e. The number of nitrogens with one attached hydrogen (secondary N) is 2. The van der Waals surface area contributed by atoms with Crippen LogP contribution in [-0.2, 0) is 17.8 Å². The fourth-order valence-electron chi connectivity index (χ4n) is 4.04. The summed E-state index contributed by atoms with van der Waals surface area (Å²) < 4.78 is 2.14. The molecule has 28 heavy (non-hydrogen) atoms. The van der Waals surface area contributed by atoms with Crippen LogP contribution in [0.3, 0.4) is 0 Å². The Bertz CT molecular complexity index is 967. The quantitative estimate of drug-likeness (QED) is 0.685. The number of aromatic amines is 1. The highest BCUT2D eigenvalue weighted by Crippen LogP contribution is 2.28. The first-order valence-corrected chi connectivity index (χ1v) is 10.2. The topological polar surface area (TPSA) is 88.5 Å². The number of rotatable bonds is 6. The Morgan fingerprint density at radius 2 is 2.07 bits per heavy atom. The number of hydrogen-bond acceptors (Lipinski definition) is 4. The van der Waals surface area contributed by atoms with Crippen LogP contribution in [0.5, 0.6) is 0 Å². The number of carbonyl (C=O) groups excluding carboxylic acids is 1. The summed E-state index contributed by atoms with van der Waals surface area (Å²) in [6.07, 6.45) is 8.95. The summed E-state index contributed by atoms with van der Waals surface area (Å²) in [5, 5.41) is 11.2. The number of nitrogens with zero attached hydrogens (tertiary/aromatic N) is 4. The minimum absolute atomic E-state index is 0.00607. The van der Waals surface area contributed by atoms with E-state index in [4.69, 9.17) is 0 Å². The van der Waals surface area contributed by atoms with E-state index >= 15 is 0 Å². The lowest BCUT2D eigenvalue weighted by Crippen LogP contribution is -2.26. The van der Waals surface area contributed by atoms with Crippen LogP contribution >= 0.6 is 0 Å². The molecule has 0 aliphatic heterocycles. The largest absolute Gasteiger partial charge is 0.349 e. The second-order valence-corrected chi connectivity index (χ2v) is 7.81. The SMILES string of the molecule is Cc1ccc2[nH]c(CCC(=O)NCc3nncn3C3CCCCC3)nc2c1C. The maximum Gasteiger partial charge on any atom is 0.220 e. The number of hydrogen-bond donors (Lipinski definition) is 2. The molecule has 0 bridgehead atoms. The molecule has 0 spiro atoms. The van der Waals surface area contributed by atoms with Gasteiger partial charge in [-0.3, -0.25) is 4.79 Å². The van der Waals surface area contributed by atoms with Crippen molar-refractivity contribution in [2.24, 2.45) is 0 Å². The summed E-state index contributed by atoms with van der Waals surface area (Å²) in [6.45, 7) is 4.59. The van der Waals surface area contributed by atoms with Crippen molar-refractivity contribution in [1.82, 2.24) is 30.0 Å². The van der Waals surface area contributed by atoms with Gasteiger partial charge in [0.1, 0.15) is 12.2 Å². The third-order valence-electron chi connectivity index (χ3n) is 5.88. The zero-order chi connectivity index (χ0) is 19.5. The summed E-state index contributed by atoms with van der Waals surface area (Å²) in [7, 11) is 0. The summed E-state index contributed by atoms with van der Waals surface area (Å²) in [5.41, 5.74) is 4.44. The van der Waals surface area contributed by atoms with Gasteiger partial charge in [0.15, 0.2) is 5.82 Å². The van der Waals surface area contributed by atoms with Crippen molar-refractivity contribution in [2.45, 2.75) is 71.4 Å². The van der Waals surface area contributed by atoms with E-state index in [2.05, 4.69) is 50.0 Å². The van der Waals surface area contributed by atoms with Crippen molar-refractivity contribution in [1.29, 1.82) is 0 Å². The molecule has 0 atom stereocenters. The molecule has 0 radical (unpaired) electrons. The van der Waals surface area contributed by atoms with Gasteiger partial charge in [-0.15, -0.1) is 10.2 Å². The third kappa shape index (κ3) is 3.93. The Morgan fingerprint density at radius 1 is 1.25 bits per heavy atom. The molecule has 7 heteroatoms. The van der Waals surface area contributed by atoms with Crippen LogP contribution in [0, 0.1) is 13.8 Å². The Labute approximate surface area is 165 Å². The van der Waals surface area contributed by atoms with Gasteiger partial charge >= 0.3 is 0 Å². The first kappa shape index (κ1) is 18.7. The van der Waals surface area contributed by atoms with Crippen molar-refractivity contribution in [3.8, 4) is 0 Å². The Morgan fingerprint density at radius 3 is 2.89 bits per heavy atom. The molecule has 1 saturated carbocycles. The van der Waals surface area contributed by atoms with Crippen molar-refractivity contribution < 1.29 is 4.79 Å². The number of aromatic nitrogens is 5. The minimum atomic E-state index is 0.00607. The molecule has 3 aromatic rings. The molecule has 1 amide bonds. The number of benzene rings is 1. The maximum atomic E-state index is 12.3. The Balaban J connectivity index is 1.32. The Kier molecular flexibility index (Phi) is 5.41. The number of fused-ring (bicyclic) bond motifs is 1. The average Bonchev–Trinajstić information content (AvgIpc) is 3.35. The van der Waals surface area contributed by atoms with E-state index in [-0.39, 0.29) is 5.91 Å². The van der Waals surface area contributed by atoms with Crippen molar-refractivity contribution in [3.05, 3.63) is 41.2 Å². The van der Waals surface area contributed by atoms with E-state index in [1.54, 1.807) is 6.33 Å². The van der Waals surface area contributed by atoms with Gasteiger partial charge in [-0.2, -0.15) is 0 Å². The summed E-state index contributed by atoms with van der Waals surface area (Å²) in [6, 6.07) is 4.61. The van der Waals surface area contributed by atoms with Crippen LogP contribution in [-0.4, -0.2) is 30.6 Å². The maximum absolute atomic E-state index is 12.3. The summed E-state index contributed by atoms with van der Waals surface area (Å²) in [5.74, 6) is 1.70. The molecule has 0 unspecified atom stereocenters. The van der Waals surface area contributed by atoms with Gasteiger partial charge < -0.3 is 14.9 Å². The van der Waals surface area contributed by atoms with Crippen LogP contribution in [0.15, 0.2) is 18.5 Å². The van der Waals surface area contributed by atoms with Crippen molar-refractivity contribution in [2.75, 3.05) is 0 Å². The average molecular weight is 380 g/mol. The molecule has 1 fully saturated rings. The van der Waals surface area contributed by atoms with Gasteiger partial charge in [0.25, 0.3) is 0 Å². The highest BCUT2D eigenvalue weighted by molar-refractivity contribution is 5.80. The van der Waals surface area contributed by atoms with Gasteiger partial charge in [-0.1, -0.05) is 25.3 Å². The molecule has 4 rings (SSSR count). The summed E-state index contributed by atoms with van der Waals surface area (Å²) in [4.78, 5) is 20.3. The lowest BCUT2D eigenvalue weighted by molar-refractivity contribution is -0.121. The molecule has 7 nitrogen and oxygen atoms in total. The van der Waals surface area contributed by atoms with Gasteiger partial charge in [0, 0.05) is 18.9 Å². The molecule has 2 aromatic heterocycles. The zero-order valence-electron chi connectivity index (χ0n) is 16.7. The van der Waals surface area contributed by atoms with Crippen LogP contribution in [0.25, 0.3) is 11.0 Å². The lowest BCUT2D eigenvalue weighted by Gasteiger charge is -2.24. The lowest BCUT2D eigenvalue weighted by atomic mass is 9.95. The molecule has 148 valence electrons. The fraction of sp³-hybridized carbons (Fsp3) is 0.524. The monoisotopic (exact) mass is 380 g/mol. The van der Waals surface area contributed by atoms with Gasteiger partial charge in [-0.05, 0) is 43.9 Å². The standard InChI is InChI=1S/C21H28N6O/c1-14-8-9-17-21(15(14)2)25-18(24-17)10-11-20(28)22-12-19-26-23-13-27(19)16-6-4-3-5-7-16/h8-9,13,16H,3-7,10-12H2,1-2H3,(H,22,28)(H,24,25). The first-order valence-electron chi connectivity index (χ1n) is 10.2. The molecule has 1 aliphatic rings. The van der Waals surface area contributed by atoms with Crippen LogP contribution in [0.1, 0.15) is 67.3 Å². The highest BCUT2D eigenvalue weighted by atomic mass is 16.1. The zero-order valence-corrected chi connectivity index (χ0v) is 16.7. The number of imidazole rings is 1. The third-order valence-corrected chi connectivity index (χ3v) is 5.88. The van der Waals surface area contributed by atoms with Crippen molar-refractivity contribution >= 4 is 16.9 Å². The molecule has 1 aromatic carbocycles. The normalized spacial score (nSPS) is 15.2. The number of amides is 1. The van der Waals surface area contributed by atoms with E-state index in [0.717, 1.165) is 22.7 Å². The molecule has 2 heterocycles. The van der Waals surface area contributed by atoms with Gasteiger partial charge in [0.2, 0.25) is 5.91 Å². The smallest absolute Gasteiger partial charge is 0.220 e. The fourth-order valence-corrected chi connectivity index (χ4v) is 4.04. The molecular weight excluding hydrogens is 352 g/mol.